The highest BCUT2D eigenvalue weighted by molar-refractivity contribution is 9.10. The number of hydrogen-bond donors (Lipinski definition) is 0. The van der Waals surface area contributed by atoms with Gasteiger partial charge in [-0.15, -0.1) is 0 Å². The Hall–Kier alpha value is -2.12. The Labute approximate surface area is 178 Å². The van der Waals surface area contributed by atoms with Crippen molar-refractivity contribution in [3.63, 3.8) is 0 Å². The number of carbonyl (C=O) groups excluding carboxylic acids is 2. The number of rotatable bonds is 4. The summed E-state index contributed by atoms with van der Waals surface area (Å²) in [7, 11) is 0. The van der Waals surface area contributed by atoms with E-state index in [0.717, 1.165) is 15.2 Å². The van der Waals surface area contributed by atoms with Crippen LogP contribution in [0.25, 0.3) is 10.8 Å². The molecule has 0 spiro atoms. The molecule has 2 fully saturated rings. The van der Waals surface area contributed by atoms with E-state index in [-0.39, 0.29) is 24.3 Å². The molecular weight excluding hydrogens is 436 g/mol. The predicted molar refractivity (Wildman–Crippen MR) is 114 cm³/mol. The smallest absolute Gasteiger partial charge is 0.260 e. The molecule has 29 heavy (non-hydrogen) atoms. The third-order valence-electron chi connectivity index (χ3n) is 5.66. The van der Waals surface area contributed by atoms with E-state index in [1.807, 2.05) is 41.3 Å². The number of piperidine rings is 1. The molecule has 0 atom stereocenters. The van der Waals surface area contributed by atoms with Crippen molar-refractivity contribution in [2.75, 3.05) is 46.0 Å². The summed E-state index contributed by atoms with van der Waals surface area (Å²) in [5, 5.41) is 2.19. The highest BCUT2D eigenvalue weighted by Gasteiger charge is 2.30. The molecule has 2 aliphatic heterocycles. The number of fused-ring (bicyclic) bond motifs is 1. The van der Waals surface area contributed by atoms with Crippen LogP contribution in [0.5, 0.6) is 5.75 Å². The zero-order valence-electron chi connectivity index (χ0n) is 16.3. The molecule has 2 amide bonds. The van der Waals surface area contributed by atoms with Crippen LogP contribution in [-0.2, 0) is 14.3 Å². The third kappa shape index (κ3) is 4.90. The number of ether oxygens (including phenoxy) is 2. The fourth-order valence-electron chi connectivity index (χ4n) is 3.94. The van der Waals surface area contributed by atoms with Gasteiger partial charge in [0.25, 0.3) is 5.91 Å². The standard InChI is InChI=1S/C22H25BrN2O4/c23-19-3-1-18-14-20(4-2-17(18)13-19)29-15-21(26)24-7-5-16(6-8-24)22(27)25-9-11-28-12-10-25/h1-4,13-14,16H,5-12,15H2. The Morgan fingerprint density at radius 3 is 2.41 bits per heavy atom. The minimum atomic E-state index is -0.0295. The minimum absolute atomic E-state index is 0.0119. The predicted octanol–water partition coefficient (Wildman–Crippen LogP) is 3.08. The number of amides is 2. The summed E-state index contributed by atoms with van der Waals surface area (Å²) in [5.74, 6) is 0.876. The molecule has 2 aromatic carbocycles. The van der Waals surface area contributed by atoms with Gasteiger partial charge < -0.3 is 19.3 Å². The van der Waals surface area contributed by atoms with Crippen molar-refractivity contribution in [2.45, 2.75) is 12.8 Å². The van der Waals surface area contributed by atoms with Crippen molar-refractivity contribution in [2.24, 2.45) is 5.92 Å². The Kier molecular flexibility index (Phi) is 6.35. The number of morpholine rings is 1. The Morgan fingerprint density at radius 1 is 0.966 bits per heavy atom. The largest absolute Gasteiger partial charge is 0.484 e. The van der Waals surface area contributed by atoms with Crippen molar-refractivity contribution in [3.05, 3.63) is 40.9 Å². The lowest BCUT2D eigenvalue weighted by Gasteiger charge is -2.35. The van der Waals surface area contributed by atoms with E-state index < -0.39 is 0 Å². The number of halogens is 1. The molecule has 0 N–H and O–H groups in total. The lowest BCUT2D eigenvalue weighted by Crippen LogP contribution is -2.48. The van der Waals surface area contributed by atoms with Crippen LogP contribution in [0.3, 0.4) is 0 Å². The molecule has 0 radical (unpaired) electrons. The van der Waals surface area contributed by atoms with E-state index in [0.29, 0.717) is 58.0 Å². The molecule has 2 heterocycles. The van der Waals surface area contributed by atoms with Gasteiger partial charge in [0.05, 0.1) is 13.2 Å². The van der Waals surface area contributed by atoms with Gasteiger partial charge in [0.15, 0.2) is 6.61 Å². The fraction of sp³-hybridized carbons (Fsp3) is 0.455. The first-order valence-electron chi connectivity index (χ1n) is 10.1. The first-order valence-corrected chi connectivity index (χ1v) is 10.9. The molecule has 2 saturated heterocycles. The van der Waals surface area contributed by atoms with E-state index >= 15 is 0 Å². The topological polar surface area (TPSA) is 59.1 Å². The first-order chi connectivity index (χ1) is 14.1. The van der Waals surface area contributed by atoms with Crippen LogP contribution in [0.1, 0.15) is 12.8 Å². The molecule has 4 rings (SSSR count). The Balaban J connectivity index is 1.26. The summed E-state index contributed by atoms with van der Waals surface area (Å²) in [6.07, 6.45) is 1.43. The van der Waals surface area contributed by atoms with E-state index in [4.69, 9.17) is 9.47 Å². The molecule has 2 aromatic rings. The molecule has 6 nitrogen and oxygen atoms in total. The molecule has 0 saturated carbocycles. The number of carbonyl (C=O) groups is 2. The first kappa shape index (κ1) is 20.2. The van der Waals surface area contributed by atoms with Gasteiger partial charge in [-0.1, -0.05) is 28.1 Å². The third-order valence-corrected chi connectivity index (χ3v) is 6.15. The van der Waals surface area contributed by atoms with Crippen molar-refractivity contribution >= 4 is 38.5 Å². The molecule has 0 unspecified atom stereocenters. The van der Waals surface area contributed by atoms with Crippen molar-refractivity contribution in [1.29, 1.82) is 0 Å². The summed E-state index contributed by atoms with van der Waals surface area (Å²) in [6.45, 7) is 3.81. The van der Waals surface area contributed by atoms with Gasteiger partial charge in [-0.25, -0.2) is 0 Å². The summed E-state index contributed by atoms with van der Waals surface area (Å²) in [5.41, 5.74) is 0. The van der Waals surface area contributed by atoms with E-state index in [1.165, 1.54) is 0 Å². The van der Waals surface area contributed by atoms with Gasteiger partial charge in [-0.05, 0) is 47.9 Å². The van der Waals surface area contributed by atoms with Crippen LogP contribution < -0.4 is 4.74 Å². The van der Waals surface area contributed by atoms with Gasteiger partial charge >= 0.3 is 0 Å². The zero-order chi connectivity index (χ0) is 20.2. The maximum Gasteiger partial charge on any atom is 0.260 e. The van der Waals surface area contributed by atoms with Gasteiger partial charge in [0, 0.05) is 36.6 Å². The highest BCUT2D eigenvalue weighted by atomic mass is 79.9. The van der Waals surface area contributed by atoms with Crippen LogP contribution >= 0.6 is 15.9 Å². The van der Waals surface area contributed by atoms with Crippen LogP contribution in [0.2, 0.25) is 0 Å². The molecule has 0 bridgehead atoms. The number of hydrogen-bond acceptors (Lipinski definition) is 4. The molecular formula is C22H25BrN2O4. The maximum atomic E-state index is 12.6. The zero-order valence-corrected chi connectivity index (χ0v) is 17.9. The van der Waals surface area contributed by atoms with Gasteiger partial charge in [-0.2, -0.15) is 0 Å². The number of likely N-dealkylation sites (tertiary alicyclic amines) is 1. The summed E-state index contributed by atoms with van der Waals surface area (Å²) >= 11 is 3.47. The summed E-state index contributed by atoms with van der Waals surface area (Å²) < 4.78 is 12.1. The normalized spacial score (nSPS) is 18.1. The average molecular weight is 461 g/mol. The Bertz CT molecular complexity index is 890. The quantitative estimate of drug-likeness (QED) is 0.703. The van der Waals surface area contributed by atoms with Crippen molar-refractivity contribution < 1.29 is 19.1 Å². The van der Waals surface area contributed by atoms with Gasteiger partial charge in [0.2, 0.25) is 5.91 Å². The van der Waals surface area contributed by atoms with E-state index in [1.54, 1.807) is 4.90 Å². The molecule has 7 heteroatoms. The van der Waals surface area contributed by atoms with Crippen LogP contribution in [0.15, 0.2) is 40.9 Å². The van der Waals surface area contributed by atoms with E-state index in [9.17, 15) is 9.59 Å². The summed E-state index contributed by atoms with van der Waals surface area (Å²) in [4.78, 5) is 28.9. The SMILES string of the molecule is O=C(COc1ccc2cc(Br)ccc2c1)N1CCC(C(=O)N2CCOCC2)CC1. The second-order valence-electron chi connectivity index (χ2n) is 7.53. The fourth-order valence-corrected chi connectivity index (χ4v) is 4.32. The monoisotopic (exact) mass is 460 g/mol. The van der Waals surface area contributed by atoms with Crippen LogP contribution in [0, 0.1) is 5.92 Å². The van der Waals surface area contributed by atoms with Crippen LogP contribution in [0.4, 0.5) is 0 Å². The molecule has 0 aromatic heterocycles. The molecule has 0 aliphatic carbocycles. The maximum absolute atomic E-state index is 12.6. The van der Waals surface area contributed by atoms with Gasteiger partial charge in [-0.3, -0.25) is 9.59 Å². The van der Waals surface area contributed by atoms with E-state index in [2.05, 4.69) is 15.9 Å². The second kappa shape index (κ2) is 9.13. The minimum Gasteiger partial charge on any atom is -0.484 e. The number of nitrogens with zero attached hydrogens (tertiary/aromatic N) is 2. The molecule has 2 aliphatic rings. The van der Waals surface area contributed by atoms with Crippen molar-refractivity contribution in [1.82, 2.24) is 9.80 Å². The van der Waals surface area contributed by atoms with Crippen molar-refractivity contribution in [3.8, 4) is 5.75 Å². The molecule has 154 valence electrons. The summed E-state index contributed by atoms with van der Waals surface area (Å²) in [6, 6.07) is 11.9. The highest BCUT2D eigenvalue weighted by Crippen LogP contribution is 2.25. The van der Waals surface area contributed by atoms with Crippen LogP contribution in [-0.4, -0.2) is 67.6 Å². The lowest BCUT2D eigenvalue weighted by atomic mass is 9.95. The average Bonchev–Trinajstić information content (AvgIpc) is 2.77. The Morgan fingerprint density at radius 2 is 1.66 bits per heavy atom. The number of benzene rings is 2. The second-order valence-corrected chi connectivity index (χ2v) is 8.45. The van der Waals surface area contributed by atoms with Gasteiger partial charge in [0.1, 0.15) is 5.75 Å². The lowest BCUT2D eigenvalue weighted by molar-refractivity contribution is -0.144.